The zero-order valence-electron chi connectivity index (χ0n) is 13.3. The Bertz CT molecular complexity index is 533. The van der Waals surface area contributed by atoms with Crippen LogP contribution in [0.1, 0.15) is 43.4 Å². The normalized spacial score (nSPS) is 11.3. The Kier molecular flexibility index (Phi) is 6.49. The van der Waals surface area contributed by atoms with E-state index < -0.39 is 17.7 Å². The van der Waals surface area contributed by atoms with E-state index in [0.29, 0.717) is 13.0 Å². The Morgan fingerprint density at radius 3 is 2.45 bits per heavy atom. The lowest BCUT2D eigenvalue weighted by atomic mass is 10.2. The van der Waals surface area contributed by atoms with E-state index in [1.165, 1.54) is 19.5 Å². The van der Waals surface area contributed by atoms with E-state index in [9.17, 15) is 9.59 Å². The first-order valence-corrected chi connectivity index (χ1v) is 6.85. The fourth-order valence-electron chi connectivity index (χ4n) is 1.41. The molecule has 0 aliphatic rings. The first-order valence-electron chi connectivity index (χ1n) is 6.85. The van der Waals surface area contributed by atoms with Gasteiger partial charge in [-0.25, -0.2) is 19.6 Å². The van der Waals surface area contributed by atoms with Crippen LogP contribution in [0.15, 0.2) is 18.5 Å². The molecule has 0 radical (unpaired) electrons. The smallest absolute Gasteiger partial charge is 0.407 e. The molecule has 1 amide bonds. The molecule has 1 N–H and O–H groups in total. The first kappa shape index (κ1) is 17.6. The average Bonchev–Trinajstić information content (AvgIpc) is 2.45. The minimum Gasteiger partial charge on any atom is -0.463 e. The fourth-order valence-corrected chi connectivity index (χ4v) is 1.41. The molecule has 0 saturated heterocycles. The number of carbonyl (C=O) groups is 2. The number of aromatic nitrogens is 2. The second-order valence-electron chi connectivity index (χ2n) is 5.45. The molecule has 1 rings (SSSR count). The Morgan fingerprint density at radius 1 is 1.27 bits per heavy atom. The molecule has 0 aromatic carbocycles. The first-order chi connectivity index (χ1) is 10.3. The lowest BCUT2D eigenvalue weighted by molar-refractivity contribution is 0.0527. The van der Waals surface area contributed by atoms with Gasteiger partial charge in [0.15, 0.2) is 0 Å². The minimum absolute atomic E-state index is 0.0197. The van der Waals surface area contributed by atoms with E-state index >= 15 is 0 Å². The standard InChI is InChI=1S/C15H21N3O4/c1-15(2,3)22-14(20)16-8-6-5-7-11-9-17-12(18-10-11)13(19)21-4/h5,7,9-10H,6,8H2,1-4H3,(H,16,20). The second kappa shape index (κ2) is 8.11. The summed E-state index contributed by atoms with van der Waals surface area (Å²) in [5.74, 6) is -0.552. The van der Waals surface area contributed by atoms with Crippen molar-refractivity contribution in [1.29, 1.82) is 0 Å². The minimum atomic E-state index is -0.572. The van der Waals surface area contributed by atoms with Gasteiger partial charge >= 0.3 is 12.1 Å². The lowest BCUT2D eigenvalue weighted by Crippen LogP contribution is -2.32. The topological polar surface area (TPSA) is 90.4 Å². The van der Waals surface area contributed by atoms with Gasteiger partial charge in [-0.15, -0.1) is 0 Å². The number of methoxy groups -OCH3 is 1. The van der Waals surface area contributed by atoms with Gasteiger partial charge in [0.2, 0.25) is 5.82 Å². The molecule has 0 bridgehead atoms. The van der Waals surface area contributed by atoms with E-state index in [1.54, 1.807) is 6.08 Å². The van der Waals surface area contributed by atoms with Gasteiger partial charge < -0.3 is 14.8 Å². The third-order valence-electron chi connectivity index (χ3n) is 2.33. The fraction of sp³-hybridized carbons (Fsp3) is 0.467. The molecule has 7 nitrogen and oxygen atoms in total. The van der Waals surface area contributed by atoms with Crippen molar-refractivity contribution in [3.8, 4) is 0 Å². The van der Waals surface area contributed by atoms with Crippen LogP contribution < -0.4 is 5.32 Å². The van der Waals surface area contributed by atoms with Crippen LogP contribution in [0.2, 0.25) is 0 Å². The number of nitrogens with zero attached hydrogens (tertiary/aromatic N) is 2. The summed E-state index contributed by atoms with van der Waals surface area (Å²) in [6, 6.07) is 0. The van der Waals surface area contributed by atoms with Gasteiger partial charge in [-0.3, -0.25) is 0 Å². The van der Waals surface area contributed by atoms with Gasteiger partial charge in [0.1, 0.15) is 5.60 Å². The SMILES string of the molecule is COC(=O)c1ncc(C=CCCNC(=O)OC(C)(C)C)cn1. The number of nitrogens with one attached hydrogen (secondary N) is 1. The molecule has 0 atom stereocenters. The summed E-state index contributed by atoms with van der Waals surface area (Å²) in [6.07, 6.45) is 6.92. The summed E-state index contributed by atoms with van der Waals surface area (Å²) in [4.78, 5) is 30.4. The van der Waals surface area contributed by atoms with Crippen LogP contribution >= 0.6 is 0 Å². The van der Waals surface area contributed by atoms with Crippen molar-refractivity contribution in [3.05, 3.63) is 29.9 Å². The molecule has 0 spiro atoms. The quantitative estimate of drug-likeness (QED) is 0.662. The monoisotopic (exact) mass is 307 g/mol. The van der Waals surface area contributed by atoms with E-state index in [4.69, 9.17) is 4.74 Å². The maximum atomic E-state index is 11.4. The van der Waals surface area contributed by atoms with Crippen molar-refractivity contribution < 1.29 is 19.1 Å². The third-order valence-corrected chi connectivity index (χ3v) is 2.33. The van der Waals surface area contributed by atoms with Crippen molar-refractivity contribution >= 4 is 18.1 Å². The van der Waals surface area contributed by atoms with Crippen molar-refractivity contribution in [3.63, 3.8) is 0 Å². The highest BCUT2D eigenvalue weighted by atomic mass is 16.6. The van der Waals surface area contributed by atoms with Crippen LogP contribution in [-0.2, 0) is 9.47 Å². The number of esters is 1. The van der Waals surface area contributed by atoms with E-state index in [2.05, 4.69) is 20.0 Å². The zero-order chi connectivity index (χ0) is 16.6. The number of hydrogen-bond donors (Lipinski definition) is 1. The van der Waals surface area contributed by atoms with Gasteiger partial charge in [0, 0.05) is 24.5 Å². The van der Waals surface area contributed by atoms with Gasteiger partial charge in [0.05, 0.1) is 7.11 Å². The van der Waals surface area contributed by atoms with E-state index in [1.807, 2.05) is 26.8 Å². The zero-order valence-corrected chi connectivity index (χ0v) is 13.3. The maximum Gasteiger partial charge on any atom is 0.407 e. The van der Waals surface area contributed by atoms with Gasteiger partial charge in [0.25, 0.3) is 0 Å². The molecular formula is C15H21N3O4. The van der Waals surface area contributed by atoms with E-state index in [-0.39, 0.29) is 5.82 Å². The summed E-state index contributed by atoms with van der Waals surface area (Å²) in [6.45, 7) is 5.89. The Morgan fingerprint density at radius 2 is 1.91 bits per heavy atom. The Labute approximate surface area is 129 Å². The highest BCUT2D eigenvalue weighted by Crippen LogP contribution is 2.06. The summed E-state index contributed by atoms with van der Waals surface area (Å²) >= 11 is 0. The van der Waals surface area contributed by atoms with Gasteiger partial charge in [-0.05, 0) is 27.2 Å². The van der Waals surface area contributed by atoms with Crippen molar-refractivity contribution in [2.45, 2.75) is 32.8 Å². The highest BCUT2D eigenvalue weighted by molar-refractivity contribution is 5.84. The highest BCUT2D eigenvalue weighted by Gasteiger charge is 2.15. The van der Waals surface area contributed by atoms with Crippen LogP contribution in [0.4, 0.5) is 4.79 Å². The van der Waals surface area contributed by atoms with Crippen molar-refractivity contribution in [2.75, 3.05) is 13.7 Å². The predicted octanol–water partition coefficient (Wildman–Crippen LogP) is 2.19. The van der Waals surface area contributed by atoms with Crippen LogP contribution in [-0.4, -0.2) is 41.3 Å². The number of ether oxygens (including phenoxy) is 2. The lowest BCUT2D eigenvalue weighted by Gasteiger charge is -2.19. The average molecular weight is 307 g/mol. The van der Waals surface area contributed by atoms with E-state index in [0.717, 1.165) is 5.56 Å². The van der Waals surface area contributed by atoms with Crippen molar-refractivity contribution in [1.82, 2.24) is 15.3 Å². The number of alkyl carbamates (subject to hydrolysis) is 1. The van der Waals surface area contributed by atoms with Crippen molar-refractivity contribution in [2.24, 2.45) is 0 Å². The summed E-state index contributed by atoms with van der Waals surface area (Å²) < 4.78 is 9.62. The molecule has 0 saturated carbocycles. The summed E-state index contributed by atoms with van der Waals surface area (Å²) in [5.41, 5.74) is 0.253. The molecule has 22 heavy (non-hydrogen) atoms. The molecule has 0 fully saturated rings. The molecule has 1 aromatic heterocycles. The molecule has 7 heteroatoms. The van der Waals surface area contributed by atoms with Gasteiger partial charge in [-0.2, -0.15) is 0 Å². The molecule has 1 heterocycles. The Balaban J connectivity index is 2.34. The van der Waals surface area contributed by atoms with Crippen LogP contribution in [0.25, 0.3) is 6.08 Å². The van der Waals surface area contributed by atoms with Crippen LogP contribution in [0.3, 0.4) is 0 Å². The maximum absolute atomic E-state index is 11.4. The molecule has 0 unspecified atom stereocenters. The third kappa shape index (κ3) is 6.83. The second-order valence-corrected chi connectivity index (χ2v) is 5.45. The molecule has 120 valence electrons. The number of carbonyl (C=O) groups excluding carboxylic acids is 2. The Hall–Kier alpha value is -2.44. The number of hydrogen-bond acceptors (Lipinski definition) is 6. The molecule has 0 aliphatic heterocycles. The predicted molar refractivity (Wildman–Crippen MR) is 81.3 cm³/mol. The van der Waals surface area contributed by atoms with Gasteiger partial charge in [-0.1, -0.05) is 12.2 Å². The van der Waals surface area contributed by atoms with Crippen LogP contribution in [0, 0.1) is 0 Å². The molecule has 1 aromatic rings. The largest absolute Gasteiger partial charge is 0.463 e. The number of rotatable bonds is 5. The summed E-state index contributed by atoms with van der Waals surface area (Å²) in [7, 11) is 1.27. The molecular weight excluding hydrogens is 286 g/mol. The summed E-state index contributed by atoms with van der Waals surface area (Å²) in [5, 5.41) is 2.65. The molecule has 0 aliphatic carbocycles. The number of amides is 1. The van der Waals surface area contributed by atoms with Crippen LogP contribution in [0.5, 0.6) is 0 Å².